The van der Waals surface area contributed by atoms with Gasteiger partial charge in [-0.2, -0.15) is 0 Å². The summed E-state index contributed by atoms with van der Waals surface area (Å²) in [5, 5.41) is 5.21. The summed E-state index contributed by atoms with van der Waals surface area (Å²) in [6.45, 7) is 0. The minimum atomic E-state index is 0.0133. The van der Waals surface area contributed by atoms with Crippen molar-refractivity contribution >= 4 is 51.2 Å². The highest BCUT2D eigenvalue weighted by atomic mass is 15.4. The summed E-state index contributed by atoms with van der Waals surface area (Å²) in [5.74, 6) is 1.64. The number of anilines is 9. The number of hydrogen-bond donors (Lipinski definition) is 0. The highest BCUT2D eigenvalue weighted by molar-refractivity contribution is 6.01. The molecule has 1 unspecified atom stereocenters. The van der Waals surface area contributed by atoms with E-state index in [0.717, 1.165) is 76.2 Å². The van der Waals surface area contributed by atoms with Crippen molar-refractivity contribution in [2.24, 2.45) is 0 Å². The Balaban J connectivity index is 0.901. The summed E-state index contributed by atoms with van der Waals surface area (Å²) in [6.07, 6.45) is 14.4. The standard InChI is InChI=1S/C56H43N7/c1-4-18-40(19-5-1)55-57-56(41-32-34-44(35-33-41)61-51-28-14-10-24-47(51)59(42-20-6-2-7-21-42)48-25-11-15-29-52(48)61)63(58-55)46-38-36-45(37-39-46)62-53-30-16-12-26-49(53)60(43-22-8-3-9-23-43)50-27-13-17-31-54(50)62/h1-10,12-24,26-32,34-39,41H,11,25,33H2. The molecule has 3 heterocycles. The second kappa shape index (κ2) is 15.4. The van der Waals surface area contributed by atoms with E-state index in [0.29, 0.717) is 5.82 Å². The van der Waals surface area contributed by atoms with Gasteiger partial charge in [0, 0.05) is 39.9 Å². The summed E-state index contributed by atoms with van der Waals surface area (Å²) in [7, 11) is 0. The maximum atomic E-state index is 5.29. The molecule has 0 bridgehead atoms. The van der Waals surface area contributed by atoms with Crippen molar-refractivity contribution in [3.05, 3.63) is 241 Å². The molecule has 0 saturated heterocycles. The first-order chi connectivity index (χ1) is 31.3. The van der Waals surface area contributed by atoms with Crippen molar-refractivity contribution in [3.8, 4) is 17.1 Å². The topological polar surface area (TPSA) is 43.7 Å². The van der Waals surface area contributed by atoms with Gasteiger partial charge < -0.3 is 19.6 Å². The molecule has 7 aromatic carbocycles. The van der Waals surface area contributed by atoms with Crippen LogP contribution in [0.3, 0.4) is 0 Å². The minimum Gasteiger partial charge on any atom is -0.310 e. The monoisotopic (exact) mass is 813 g/mol. The van der Waals surface area contributed by atoms with E-state index in [2.05, 4.69) is 220 Å². The smallest absolute Gasteiger partial charge is 0.181 e. The summed E-state index contributed by atoms with van der Waals surface area (Å²) >= 11 is 0. The zero-order valence-electron chi connectivity index (χ0n) is 34.6. The molecule has 63 heavy (non-hydrogen) atoms. The molecular weight excluding hydrogens is 771 g/mol. The van der Waals surface area contributed by atoms with Crippen LogP contribution in [-0.2, 0) is 0 Å². The van der Waals surface area contributed by atoms with Crippen molar-refractivity contribution in [2.45, 2.75) is 25.2 Å². The molecule has 0 radical (unpaired) electrons. The molecule has 0 fully saturated rings. The van der Waals surface area contributed by atoms with Crippen LogP contribution >= 0.6 is 0 Å². The number of para-hydroxylation sites is 8. The van der Waals surface area contributed by atoms with Crippen molar-refractivity contribution in [1.29, 1.82) is 0 Å². The van der Waals surface area contributed by atoms with E-state index in [1.807, 2.05) is 22.9 Å². The number of fused-ring (bicyclic) bond motifs is 3. The second-order valence-corrected chi connectivity index (χ2v) is 16.2. The van der Waals surface area contributed by atoms with Gasteiger partial charge in [0.15, 0.2) is 5.82 Å². The van der Waals surface area contributed by atoms with Crippen LogP contribution in [0.25, 0.3) is 17.1 Å². The predicted octanol–water partition coefficient (Wildman–Crippen LogP) is 14.3. The first-order valence-electron chi connectivity index (χ1n) is 21.8. The molecule has 302 valence electrons. The fraction of sp³-hybridized carbons (Fsp3) is 0.0714. The van der Waals surface area contributed by atoms with Crippen LogP contribution in [0.15, 0.2) is 236 Å². The Hall–Kier alpha value is -8.16. The molecule has 4 aliphatic rings. The molecular formula is C56H43N7. The quantitative estimate of drug-likeness (QED) is 0.160. The van der Waals surface area contributed by atoms with Gasteiger partial charge in [0.1, 0.15) is 5.82 Å². The molecule has 8 aromatic rings. The number of aromatic nitrogens is 3. The average molecular weight is 814 g/mol. The van der Waals surface area contributed by atoms with Gasteiger partial charge in [0.2, 0.25) is 0 Å². The first-order valence-corrected chi connectivity index (χ1v) is 21.8. The highest BCUT2D eigenvalue weighted by Crippen LogP contribution is 2.54. The normalized spacial score (nSPS) is 16.3. The van der Waals surface area contributed by atoms with Crippen LogP contribution in [-0.4, -0.2) is 14.8 Å². The molecule has 0 N–H and O–H groups in total. The van der Waals surface area contributed by atoms with E-state index in [1.165, 1.54) is 28.5 Å². The lowest BCUT2D eigenvalue weighted by Gasteiger charge is -2.43. The van der Waals surface area contributed by atoms with Gasteiger partial charge in [-0.05, 0) is 116 Å². The fourth-order valence-electron chi connectivity index (χ4n) is 9.59. The van der Waals surface area contributed by atoms with E-state index < -0.39 is 0 Å². The Morgan fingerprint density at radius 3 is 1.48 bits per heavy atom. The summed E-state index contributed by atoms with van der Waals surface area (Å²) < 4.78 is 2.05. The first kappa shape index (κ1) is 36.7. The Morgan fingerprint density at radius 1 is 0.444 bits per heavy atom. The van der Waals surface area contributed by atoms with E-state index in [1.54, 1.807) is 0 Å². The molecule has 0 spiro atoms. The minimum absolute atomic E-state index is 0.0133. The van der Waals surface area contributed by atoms with Gasteiger partial charge in [-0.1, -0.05) is 121 Å². The van der Waals surface area contributed by atoms with Crippen molar-refractivity contribution in [1.82, 2.24) is 14.8 Å². The zero-order chi connectivity index (χ0) is 41.7. The van der Waals surface area contributed by atoms with Crippen LogP contribution < -0.4 is 19.6 Å². The van der Waals surface area contributed by atoms with Crippen LogP contribution in [0.2, 0.25) is 0 Å². The average Bonchev–Trinajstić information content (AvgIpc) is 3.81. The molecule has 12 rings (SSSR count). The summed E-state index contributed by atoms with van der Waals surface area (Å²) in [4.78, 5) is 14.9. The third-order valence-electron chi connectivity index (χ3n) is 12.4. The second-order valence-electron chi connectivity index (χ2n) is 16.2. The Bertz CT molecular complexity index is 3060. The van der Waals surface area contributed by atoms with E-state index >= 15 is 0 Å². The number of allylic oxidation sites excluding steroid dienone is 6. The van der Waals surface area contributed by atoms with E-state index in [4.69, 9.17) is 10.1 Å². The molecule has 7 heteroatoms. The van der Waals surface area contributed by atoms with Gasteiger partial charge in [0.05, 0.1) is 45.5 Å². The van der Waals surface area contributed by atoms with Gasteiger partial charge in [-0.25, -0.2) is 9.67 Å². The molecule has 2 aliphatic carbocycles. The van der Waals surface area contributed by atoms with Crippen molar-refractivity contribution < 1.29 is 0 Å². The lowest BCUT2D eigenvalue weighted by atomic mass is 9.95. The molecule has 7 nitrogen and oxygen atoms in total. The maximum absolute atomic E-state index is 5.29. The summed E-state index contributed by atoms with van der Waals surface area (Å²) in [5.41, 5.74) is 15.9. The van der Waals surface area contributed by atoms with Crippen molar-refractivity contribution in [2.75, 3.05) is 19.6 Å². The third-order valence-corrected chi connectivity index (χ3v) is 12.4. The lowest BCUT2D eigenvalue weighted by Crippen LogP contribution is -2.34. The van der Waals surface area contributed by atoms with Crippen LogP contribution in [0.4, 0.5) is 51.2 Å². The van der Waals surface area contributed by atoms with Crippen LogP contribution in [0.1, 0.15) is 31.0 Å². The molecule has 1 atom stereocenters. The Kier molecular flexibility index (Phi) is 8.96. The third kappa shape index (κ3) is 6.28. The summed E-state index contributed by atoms with van der Waals surface area (Å²) in [6, 6.07) is 66.5. The molecule has 1 aromatic heterocycles. The van der Waals surface area contributed by atoms with Crippen molar-refractivity contribution in [3.63, 3.8) is 0 Å². The van der Waals surface area contributed by atoms with Gasteiger partial charge >= 0.3 is 0 Å². The van der Waals surface area contributed by atoms with E-state index in [-0.39, 0.29) is 5.92 Å². The zero-order valence-corrected chi connectivity index (χ0v) is 34.6. The van der Waals surface area contributed by atoms with Gasteiger partial charge in [0.25, 0.3) is 0 Å². The molecule has 0 saturated carbocycles. The predicted molar refractivity (Wildman–Crippen MR) is 257 cm³/mol. The van der Waals surface area contributed by atoms with E-state index in [9.17, 15) is 0 Å². The Labute approximate surface area is 367 Å². The molecule has 0 amide bonds. The number of nitrogens with zero attached hydrogens (tertiary/aromatic N) is 7. The lowest BCUT2D eigenvalue weighted by molar-refractivity contribution is 0.710. The number of benzene rings is 7. The maximum Gasteiger partial charge on any atom is 0.181 e. The largest absolute Gasteiger partial charge is 0.310 e. The SMILES string of the molecule is C1=CC2=C(CC1)N(c1ccccc1)c1ccccc1N2C1=CCC(c2nc(-c3ccccc3)nn2-c2ccc(N3c4ccccc4N(c4ccccc4)c4ccccc43)cc2)C=C1. The number of hydrogen-bond acceptors (Lipinski definition) is 6. The van der Waals surface area contributed by atoms with Crippen LogP contribution in [0.5, 0.6) is 0 Å². The fourth-order valence-corrected chi connectivity index (χ4v) is 9.59. The Morgan fingerprint density at radius 2 is 0.921 bits per heavy atom. The van der Waals surface area contributed by atoms with Gasteiger partial charge in [-0.3, -0.25) is 0 Å². The van der Waals surface area contributed by atoms with Crippen LogP contribution in [0, 0.1) is 0 Å². The number of rotatable bonds is 7. The van der Waals surface area contributed by atoms with Gasteiger partial charge in [-0.15, -0.1) is 5.10 Å². The highest BCUT2D eigenvalue weighted by Gasteiger charge is 2.34. The molecule has 2 aliphatic heterocycles.